The molecule has 0 aromatic heterocycles. The molecule has 242 valence electrons. The van der Waals surface area contributed by atoms with Crippen LogP contribution in [0.15, 0.2) is 182 Å². The van der Waals surface area contributed by atoms with Crippen LogP contribution in [-0.4, -0.2) is 21.9 Å². The molecule has 0 bridgehead atoms. The van der Waals surface area contributed by atoms with Gasteiger partial charge in [0.25, 0.3) is 5.79 Å². The van der Waals surface area contributed by atoms with Gasteiger partial charge in [0.1, 0.15) is 0 Å². The van der Waals surface area contributed by atoms with Crippen molar-refractivity contribution in [3.05, 3.63) is 182 Å². The minimum absolute atomic E-state index is 0. The van der Waals surface area contributed by atoms with E-state index in [1.165, 1.54) is 31.8 Å². The minimum atomic E-state index is -2.04. The Morgan fingerprint density at radius 2 is 0.638 bits per heavy atom. The van der Waals surface area contributed by atoms with E-state index in [9.17, 15) is 4.79 Å². The number of ketones is 1. The number of aliphatic hydroxyl groups is 1. The van der Waals surface area contributed by atoms with E-state index in [1.807, 2.05) is 0 Å². The molecule has 0 fully saturated rings. The Labute approximate surface area is 294 Å². The number of hydrogen-bond acceptors (Lipinski definition) is 4. The van der Waals surface area contributed by atoms with Crippen LogP contribution >= 0.6 is 15.8 Å². The normalized spacial score (nSPS) is 11.5. The molecule has 0 aliphatic rings. The molecule has 4 nitrogen and oxygen atoms in total. The molecule has 0 spiro atoms. The summed E-state index contributed by atoms with van der Waals surface area (Å²) >= 11 is 0. The standard InChI is InChI=1S/2C18H15P.C4H8O4.Pt/c2*1-4-10-16(11-5-1)19(17-12-6-2-7-13-17)18-14-8-3-9-15-18;1-3(5)4(2,6)8-7;/h2*1-15H;6-7H,1-2H3;. The van der Waals surface area contributed by atoms with Crippen molar-refractivity contribution in [1.29, 1.82) is 0 Å². The molecule has 0 amide bonds. The van der Waals surface area contributed by atoms with Crippen molar-refractivity contribution in [3.8, 4) is 0 Å². The third-order valence-electron chi connectivity index (χ3n) is 6.92. The van der Waals surface area contributed by atoms with Gasteiger partial charge in [-0.15, -0.1) is 0 Å². The Hall–Kier alpha value is -3.58. The van der Waals surface area contributed by atoms with Gasteiger partial charge in [-0.2, -0.15) is 4.89 Å². The molecule has 2 N–H and O–H groups in total. The Kier molecular flexibility index (Phi) is 16.1. The minimum Gasteiger partial charge on any atom is -0.358 e. The van der Waals surface area contributed by atoms with Crippen LogP contribution in [0.3, 0.4) is 0 Å². The first-order chi connectivity index (χ1) is 22.4. The van der Waals surface area contributed by atoms with Crippen molar-refractivity contribution in [1.82, 2.24) is 0 Å². The van der Waals surface area contributed by atoms with E-state index in [1.54, 1.807) is 0 Å². The van der Waals surface area contributed by atoms with Crippen molar-refractivity contribution < 1.29 is 41.1 Å². The van der Waals surface area contributed by atoms with E-state index in [-0.39, 0.29) is 21.1 Å². The van der Waals surface area contributed by atoms with Gasteiger partial charge in [-0.3, -0.25) is 4.79 Å². The van der Waals surface area contributed by atoms with E-state index in [0.29, 0.717) is 0 Å². The van der Waals surface area contributed by atoms with Crippen molar-refractivity contribution >= 4 is 53.5 Å². The van der Waals surface area contributed by atoms with Crippen LogP contribution in [0.5, 0.6) is 0 Å². The first kappa shape index (κ1) is 37.9. The van der Waals surface area contributed by atoms with Gasteiger partial charge in [0.2, 0.25) is 0 Å². The van der Waals surface area contributed by atoms with E-state index in [0.717, 1.165) is 13.8 Å². The largest absolute Gasteiger partial charge is 0.358 e. The molecule has 47 heavy (non-hydrogen) atoms. The third kappa shape index (κ3) is 11.6. The summed E-state index contributed by atoms with van der Waals surface area (Å²) in [4.78, 5) is 13.6. The molecule has 0 saturated heterocycles. The number of carbonyl (C=O) groups is 1. The second kappa shape index (κ2) is 19.9. The van der Waals surface area contributed by atoms with Crippen LogP contribution < -0.4 is 31.8 Å². The van der Waals surface area contributed by atoms with Crippen molar-refractivity contribution in [2.24, 2.45) is 0 Å². The van der Waals surface area contributed by atoms with Crippen molar-refractivity contribution in [2.75, 3.05) is 0 Å². The zero-order chi connectivity index (χ0) is 32.6. The Morgan fingerprint density at radius 1 is 0.468 bits per heavy atom. The molecule has 0 heterocycles. The molecule has 7 heteroatoms. The number of rotatable bonds is 8. The summed E-state index contributed by atoms with van der Waals surface area (Å²) < 4.78 is 0. The molecule has 6 aromatic rings. The Morgan fingerprint density at radius 3 is 0.745 bits per heavy atom. The smallest absolute Gasteiger partial charge is 0.255 e. The van der Waals surface area contributed by atoms with Crippen LogP contribution in [0.4, 0.5) is 0 Å². The molecule has 1 unspecified atom stereocenters. The van der Waals surface area contributed by atoms with Gasteiger partial charge in [0.15, 0.2) is 5.78 Å². The topological polar surface area (TPSA) is 66.8 Å². The second-order valence-electron chi connectivity index (χ2n) is 10.3. The van der Waals surface area contributed by atoms with Crippen LogP contribution in [0, 0.1) is 0 Å². The first-order valence-corrected chi connectivity index (χ1v) is 17.6. The Balaban J connectivity index is 0.000000206. The molecule has 0 aliphatic carbocycles. The van der Waals surface area contributed by atoms with Gasteiger partial charge in [-0.1, -0.05) is 182 Å². The number of carbonyl (C=O) groups excluding carboxylic acids is 1. The molecular weight excluding hydrogens is 801 g/mol. The quantitative estimate of drug-likeness (QED) is 0.0780. The summed E-state index contributed by atoms with van der Waals surface area (Å²) in [5.41, 5.74) is 0. The summed E-state index contributed by atoms with van der Waals surface area (Å²) in [5.74, 6) is -2.68. The summed E-state index contributed by atoms with van der Waals surface area (Å²) in [6, 6.07) is 64.7. The third-order valence-corrected chi connectivity index (χ3v) is 11.8. The van der Waals surface area contributed by atoms with Gasteiger partial charge in [0, 0.05) is 28.0 Å². The zero-order valence-corrected chi connectivity index (χ0v) is 30.3. The first-order valence-electron chi connectivity index (χ1n) is 14.9. The predicted molar refractivity (Wildman–Crippen MR) is 195 cm³/mol. The number of benzene rings is 6. The molecule has 1 atom stereocenters. The fourth-order valence-corrected chi connectivity index (χ4v) is 9.03. The molecule has 6 rings (SSSR count). The number of Topliss-reactive ketones (excluding diaryl/α,β-unsaturated/α-hetero) is 1. The van der Waals surface area contributed by atoms with Crippen molar-refractivity contribution in [2.45, 2.75) is 19.6 Å². The average molecular weight is 840 g/mol. The monoisotopic (exact) mass is 839 g/mol. The fraction of sp³-hybridized carbons (Fsp3) is 0.0750. The maximum Gasteiger partial charge on any atom is 0.255 e. The maximum atomic E-state index is 10.2. The molecule has 0 aliphatic heterocycles. The van der Waals surface area contributed by atoms with Crippen LogP contribution in [0.25, 0.3) is 0 Å². The maximum absolute atomic E-state index is 10.2. The van der Waals surface area contributed by atoms with E-state index < -0.39 is 27.4 Å². The van der Waals surface area contributed by atoms with Gasteiger partial charge in [0.05, 0.1) is 0 Å². The van der Waals surface area contributed by atoms with Crippen LogP contribution in [-0.2, 0) is 30.7 Å². The predicted octanol–water partition coefficient (Wildman–Crippen LogP) is 6.66. The van der Waals surface area contributed by atoms with Crippen molar-refractivity contribution in [3.63, 3.8) is 0 Å². The SMILES string of the molecule is CC(=O)C(C)(O)OO.[Pt].c1ccc(P(c2ccccc2)c2ccccc2)cc1.c1ccc(P(c2ccccc2)c2ccccc2)cc1. The summed E-state index contributed by atoms with van der Waals surface area (Å²) in [6.07, 6.45) is 0. The van der Waals surface area contributed by atoms with Gasteiger partial charge in [-0.05, 0) is 54.6 Å². The number of hydrogen-bond donors (Lipinski definition) is 2. The fourth-order valence-electron chi connectivity index (χ4n) is 4.42. The van der Waals surface area contributed by atoms with Gasteiger partial charge in [-0.25, -0.2) is 5.26 Å². The van der Waals surface area contributed by atoms with Gasteiger partial charge >= 0.3 is 0 Å². The van der Waals surface area contributed by atoms with E-state index in [4.69, 9.17) is 10.4 Å². The molecular formula is C40H38O4P2Pt. The van der Waals surface area contributed by atoms with Crippen LogP contribution in [0.1, 0.15) is 13.8 Å². The Bertz CT molecular complexity index is 1400. The average Bonchev–Trinajstić information content (AvgIpc) is 3.12. The zero-order valence-electron chi connectivity index (χ0n) is 26.2. The van der Waals surface area contributed by atoms with E-state index >= 15 is 0 Å². The molecule has 0 radical (unpaired) electrons. The molecule has 6 aromatic carbocycles. The van der Waals surface area contributed by atoms with Crippen LogP contribution in [0.2, 0.25) is 0 Å². The summed E-state index contributed by atoms with van der Waals surface area (Å²) in [6.45, 7) is 2.16. The summed E-state index contributed by atoms with van der Waals surface area (Å²) in [5, 5.41) is 24.8. The van der Waals surface area contributed by atoms with E-state index in [2.05, 4.69) is 187 Å². The van der Waals surface area contributed by atoms with Gasteiger partial charge < -0.3 is 5.11 Å². The summed E-state index contributed by atoms with van der Waals surface area (Å²) in [7, 11) is -0.892. The molecule has 0 saturated carbocycles. The second-order valence-corrected chi connectivity index (χ2v) is 14.8.